The van der Waals surface area contributed by atoms with Gasteiger partial charge in [0.05, 0.1) is 12.7 Å². The van der Waals surface area contributed by atoms with Gasteiger partial charge in [0.1, 0.15) is 11.5 Å². The zero-order valence-electron chi connectivity index (χ0n) is 8.41. The van der Waals surface area contributed by atoms with E-state index in [1.807, 2.05) is 0 Å². The van der Waals surface area contributed by atoms with E-state index in [0.717, 1.165) is 0 Å². The number of esters is 1. The SMILES string of the molecule is COC(=O)c1[nH]c2cccc(F)c2c1C=O. The van der Waals surface area contributed by atoms with Gasteiger partial charge in [0.25, 0.3) is 0 Å². The molecule has 0 saturated heterocycles. The first-order valence-electron chi connectivity index (χ1n) is 4.52. The molecule has 5 heteroatoms. The van der Waals surface area contributed by atoms with Gasteiger partial charge in [0, 0.05) is 10.9 Å². The lowest BCUT2D eigenvalue weighted by Gasteiger charge is -1.95. The van der Waals surface area contributed by atoms with Crippen LogP contribution in [-0.4, -0.2) is 24.3 Å². The molecule has 1 aromatic heterocycles. The van der Waals surface area contributed by atoms with E-state index < -0.39 is 11.8 Å². The summed E-state index contributed by atoms with van der Waals surface area (Å²) in [5.41, 5.74) is 0.347. The lowest BCUT2D eigenvalue weighted by atomic mass is 10.1. The first-order chi connectivity index (χ1) is 7.69. The van der Waals surface area contributed by atoms with Gasteiger partial charge in [-0.3, -0.25) is 4.79 Å². The largest absolute Gasteiger partial charge is 0.464 e. The van der Waals surface area contributed by atoms with Gasteiger partial charge >= 0.3 is 5.97 Å². The van der Waals surface area contributed by atoms with Crippen LogP contribution >= 0.6 is 0 Å². The van der Waals surface area contributed by atoms with E-state index in [0.29, 0.717) is 11.8 Å². The van der Waals surface area contributed by atoms with Crippen molar-refractivity contribution in [2.45, 2.75) is 0 Å². The number of carbonyl (C=O) groups excluding carboxylic acids is 2. The molecule has 0 atom stereocenters. The maximum atomic E-state index is 13.5. The highest BCUT2D eigenvalue weighted by Crippen LogP contribution is 2.24. The minimum atomic E-state index is -0.697. The Hall–Kier alpha value is -2.17. The Morgan fingerprint density at radius 3 is 2.88 bits per heavy atom. The monoisotopic (exact) mass is 221 g/mol. The Kier molecular flexibility index (Phi) is 2.44. The first kappa shape index (κ1) is 10.4. The number of aromatic nitrogens is 1. The summed E-state index contributed by atoms with van der Waals surface area (Å²) < 4.78 is 18.0. The van der Waals surface area contributed by atoms with Gasteiger partial charge in [-0.1, -0.05) is 6.07 Å². The normalized spacial score (nSPS) is 10.4. The zero-order chi connectivity index (χ0) is 11.7. The Bertz CT molecular complexity index is 574. The molecule has 0 spiro atoms. The molecule has 2 rings (SSSR count). The fourth-order valence-corrected chi connectivity index (χ4v) is 1.61. The molecule has 0 saturated carbocycles. The van der Waals surface area contributed by atoms with Crippen LogP contribution in [0.3, 0.4) is 0 Å². The number of hydrogen-bond acceptors (Lipinski definition) is 3. The summed E-state index contributed by atoms with van der Waals surface area (Å²) in [6.45, 7) is 0. The first-order valence-corrected chi connectivity index (χ1v) is 4.52. The van der Waals surface area contributed by atoms with Crippen LogP contribution < -0.4 is 0 Å². The number of methoxy groups -OCH3 is 1. The number of aromatic amines is 1. The average Bonchev–Trinajstić information content (AvgIpc) is 2.68. The van der Waals surface area contributed by atoms with Gasteiger partial charge in [0.2, 0.25) is 0 Å². The average molecular weight is 221 g/mol. The molecule has 0 fully saturated rings. The molecule has 2 aromatic rings. The minimum absolute atomic E-state index is 0.0139. The van der Waals surface area contributed by atoms with E-state index in [1.54, 1.807) is 6.07 Å². The molecule has 0 radical (unpaired) electrons. The molecule has 0 unspecified atom stereocenters. The van der Waals surface area contributed by atoms with E-state index in [2.05, 4.69) is 9.72 Å². The third-order valence-corrected chi connectivity index (χ3v) is 2.32. The van der Waals surface area contributed by atoms with Crippen LogP contribution in [0.4, 0.5) is 4.39 Å². The number of halogens is 1. The van der Waals surface area contributed by atoms with Crippen molar-refractivity contribution in [3.8, 4) is 0 Å². The van der Waals surface area contributed by atoms with Crippen LogP contribution in [-0.2, 0) is 4.74 Å². The molecule has 4 nitrogen and oxygen atoms in total. The molecule has 0 amide bonds. The van der Waals surface area contributed by atoms with Gasteiger partial charge in [-0.2, -0.15) is 0 Å². The lowest BCUT2D eigenvalue weighted by molar-refractivity contribution is 0.0593. The number of benzene rings is 1. The summed E-state index contributed by atoms with van der Waals surface area (Å²) in [7, 11) is 1.19. The molecule has 0 bridgehead atoms. The summed E-state index contributed by atoms with van der Waals surface area (Å²) in [6.07, 6.45) is 0.439. The molecular formula is C11H8FNO3. The van der Waals surface area contributed by atoms with E-state index >= 15 is 0 Å². The van der Waals surface area contributed by atoms with Crippen molar-refractivity contribution in [3.63, 3.8) is 0 Å². The van der Waals surface area contributed by atoms with Crippen molar-refractivity contribution in [3.05, 3.63) is 35.3 Å². The van der Waals surface area contributed by atoms with Crippen molar-refractivity contribution >= 4 is 23.2 Å². The van der Waals surface area contributed by atoms with Crippen molar-refractivity contribution in [1.29, 1.82) is 0 Å². The van der Waals surface area contributed by atoms with E-state index in [-0.39, 0.29) is 16.6 Å². The van der Waals surface area contributed by atoms with Crippen molar-refractivity contribution in [2.24, 2.45) is 0 Å². The van der Waals surface area contributed by atoms with Crippen LogP contribution in [0.2, 0.25) is 0 Å². The van der Waals surface area contributed by atoms with Gasteiger partial charge < -0.3 is 9.72 Å². The Balaban J connectivity index is 2.82. The van der Waals surface area contributed by atoms with E-state index in [1.165, 1.54) is 19.2 Å². The molecule has 0 aliphatic carbocycles. The Labute approximate surface area is 90.0 Å². The standard InChI is InChI=1S/C11H8FNO3/c1-16-11(15)10-6(5-14)9-7(12)3-2-4-8(9)13-10/h2-5,13H,1H3. The highest BCUT2D eigenvalue weighted by Gasteiger charge is 2.19. The Morgan fingerprint density at radius 2 is 2.25 bits per heavy atom. The number of ether oxygens (including phenoxy) is 1. The Morgan fingerprint density at radius 1 is 1.50 bits per heavy atom. The third-order valence-electron chi connectivity index (χ3n) is 2.32. The summed E-state index contributed by atoms with van der Waals surface area (Å²) in [6, 6.07) is 4.30. The fraction of sp³-hybridized carbons (Fsp3) is 0.0909. The number of rotatable bonds is 2. The van der Waals surface area contributed by atoms with Crippen LogP contribution in [0.15, 0.2) is 18.2 Å². The molecule has 1 N–H and O–H groups in total. The smallest absolute Gasteiger partial charge is 0.355 e. The highest BCUT2D eigenvalue weighted by atomic mass is 19.1. The second kappa shape index (κ2) is 3.77. The summed E-state index contributed by atoms with van der Waals surface area (Å²) in [4.78, 5) is 24.9. The predicted molar refractivity (Wildman–Crippen MR) is 55.0 cm³/mol. The van der Waals surface area contributed by atoms with Crippen LogP contribution in [0.5, 0.6) is 0 Å². The lowest BCUT2D eigenvalue weighted by Crippen LogP contribution is -2.04. The quantitative estimate of drug-likeness (QED) is 0.622. The molecule has 16 heavy (non-hydrogen) atoms. The molecular weight excluding hydrogens is 213 g/mol. The van der Waals surface area contributed by atoms with Crippen LogP contribution in [0.1, 0.15) is 20.8 Å². The molecule has 0 aliphatic heterocycles. The van der Waals surface area contributed by atoms with E-state index in [4.69, 9.17) is 0 Å². The molecule has 0 aliphatic rings. The number of H-pyrrole nitrogens is 1. The van der Waals surface area contributed by atoms with Gasteiger partial charge in [0.15, 0.2) is 6.29 Å². The third kappa shape index (κ3) is 1.37. The zero-order valence-corrected chi connectivity index (χ0v) is 8.41. The van der Waals surface area contributed by atoms with Gasteiger partial charge in [-0.05, 0) is 12.1 Å². The number of carbonyl (C=O) groups is 2. The number of aldehydes is 1. The van der Waals surface area contributed by atoms with E-state index in [9.17, 15) is 14.0 Å². The summed E-state index contributed by atoms with van der Waals surface area (Å²) in [5.74, 6) is -1.25. The maximum Gasteiger partial charge on any atom is 0.355 e. The maximum absolute atomic E-state index is 13.5. The van der Waals surface area contributed by atoms with Crippen LogP contribution in [0, 0.1) is 5.82 Å². The molecule has 1 aromatic carbocycles. The predicted octanol–water partition coefficient (Wildman–Crippen LogP) is 1.91. The second-order valence-corrected chi connectivity index (χ2v) is 3.19. The van der Waals surface area contributed by atoms with Crippen molar-refractivity contribution in [2.75, 3.05) is 7.11 Å². The number of fused-ring (bicyclic) bond motifs is 1. The highest BCUT2D eigenvalue weighted by molar-refractivity contribution is 6.08. The number of nitrogens with one attached hydrogen (secondary N) is 1. The summed E-state index contributed by atoms with van der Waals surface area (Å²) >= 11 is 0. The van der Waals surface area contributed by atoms with Gasteiger partial charge in [-0.15, -0.1) is 0 Å². The molecule has 1 heterocycles. The van der Waals surface area contributed by atoms with Crippen LogP contribution in [0.25, 0.3) is 10.9 Å². The van der Waals surface area contributed by atoms with Gasteiger partial charge in [-0.25, -0.2) is 9.18 Å². The minimum Gasteiger partial charge on any atom is -0.464 e. The second-order valence-electron chi connectivity index (χ2n) is 3.19. The summed E-state index contributed by atoms with van der Waals surface area (Å²) in [5, 5.41) is 0.109. The fourth-order valence-electron chi connectivity index (χ4n) is 1.61. The number of hydrogen-bond donors (Lipinski definition) is 1. The van der Waals surface area contributed by atoms with Crippen molar-refractivity contribution < 1.29 is 18.7 Å². The van der Waals surface area contributed by atoms with Crippen molar-refractivity contribution in [1.82, 2.24) is 4.98 Å². The molecule has 82 valence electrons. The topological polar surface area (TPSA) is 59.2 Å².